The van der Waals surface area contributed by atoms with Crippen molar-refractivity contribution in [2.24, 2.45) is 0 Å². The number of methoxy groups -OCH3 is 1. The number of amides is 2. The van der Waals surface area contributed by atoms with Crippen LogP contribution in [-0.4, -0.2) is 35.4 Å². The van der Waals surface area contributed by atoms with Crippen LogP contribution < -0.4 is 10.1 Å². The molecule has 1 aromatic carbocycles. The Morgan fingerprint density at radius 1 is 1.36 bits per heavy atom. The maximum Gasteiger partial charge on any atom is 0.293 e. The van der Waals surface area contributed by atoms with Crippen LogP contribution in [0, 0.1) is 0 Å². The highest BCUT2D eigenvalue weighted by Crippen LogP contribution is 2.31. The van der Waals surface area contributed by atoms with Crippen molar-refractivity contribution in [1.29, 1.82) is 0 Å². The zero-order valence-corrected chi connectivity index (χ0v) is 16.5. The van der Waals surface area contributed by atoms with Crippen molar-refractivity contribution in [2.75, 3.05) is 19.0 Å². The SMILES string of the molecule is COc1ccc(Cl)cc1C(=O)N1CCc2nc(NC(=O)c3ccco3)sc2C1. The summed E-state index contributed by atoms with van der Waals surface area (Å²) in [6.45, 7) is 0.939. The van der Waals surface area contributed by atoms with E-state index in [1.165, 1.54) is 24.7 Å². The summed E-state index contributed by atoms with van der Waals surface area (Å²) in [5.74, 6) is 0.196. The van der Waals surface area contributed by atoms with Crippen molar-refractivity contribution in [3.05, 3.63) is 63.5 Å². The maximum atomic E-state index is 13.0. The fourth-order valence-corrected chi connectivity index (χ4v) is 4.20. The van der Waals surface area contributed by atoms with Crippen LogP contribution >= 0.6 is 22.9 Å². The number of fused-ring (bicyclic) bond motifs is 1. The molecule has 0 atom stereocenters. The van der Waals surface area contributed by atoms with Crippen molar-refractivity contribution in [1.82, 2.24) is 9.88 Å². The van der Waals surface area contributed by atoms with Crippen LogP contribution in [-0.2, 0) is 13.0 Å². The van der Waals surface area contributed by atoms with Crippen molar-refractivity contribution < 1.29 is 18.7 Å². The molecule has 1 N–H and O–H groups in total. The van der Waals surface area contributed by atoms with Gasteiger partial charge in [0.15, 0.2) is 10.9 Å². The Hall–Kier alpha value is -2.84. The van der Waals surface area contributed by atoms with Gasteiger partial charge in [0.25, 0.3) is 11.8 Å². The number of furan rings is 1. The second kappa shape index (κ2) is 7.65. The first-order valence-corrected chi connectivity index (χ1v) is 9.71. The average molecular weight is 418 g/mol. The van der Waals surface area contributed by atoms with Gasteiger partial charge >= 0.3 is 0 Å². The molecule has 7 nitrogen and oxygen atoms in total. The van der Waals surface area contributed by atoms with E-state index >= 15 is 0 Å². The highest BCUT2D eigenvalue weighted by molar-refractivity contribution is 7.15. The Bertz CT molecular complexity index is 1030. The van der Waals surface area contributed by atoms with E-state index in [4.69, 9.17) is 20.8 Å². The summed E-state index contributed by atoms with van der Waals surface area (Å²) in [5, 5.41) is 3.70. The molecule has 4 rings (SSSR count). The van der Waals surface area contributed by atoms with Gasteiger partial charge in [-0.1, -0.05) is 22.9 Å². The predicted molar refractivity (Wildman–Crippen MR) is 105 cm³/mol. The average Bonchev–Trinajstić information content (AvgIpc) is 3.36. The summed E-state index contributed by atoms with van der Waals surface area (Å²) in [6, 6.07) is 8.21. The number of hydrogen-bond acceptors (Lipinski definition) is 6. The molecule has 1 aliphatic rings. The van der Waals surface area contributed by atoms with Crippen molar-refractivity contribution >= 4 is 39.9 Å². The number of anilines is 1. The monoisotopic (exact) mass is 417 g/mol. The normalized spacial score (nSPS) is 13.1. The third kappa shape index (κ3) is 3.61. The summed E-state index contributed by atoms with van der Waals surface area (Å²) in [4.78, 5) is 32.2. The van der Waals surface area contributed by atoms with Gasteiger partial charge in [0.1, 0.15) is 5.75 Å². The van der Waals surface area contributed by atoms with Gasteiger partial charge in [-0.2, -0.15) is 0 Å². The molecular formula is C19H16ClN3O4S. The first-order chi connectivity index (χ1) is 13.5. The van der Waals surface area contributed by atoms with E-state index in [1.807, 2.05) is 0 Å². The molecule has 0 spiro atoms. The fraction of sp³-hybridized carbons (Fsp3) is 0.211. The van der Waals surface area contributed by atoms with Crippen molar-refractivity contribution in [3.8, 4) is 5.75 Å². The minimum atomic E-state index is -0.354. The maximum absolute atomic E-state index is 13.0. The lowest BCUT2D eigenvalue weighted by molar-refractivity contribution is 0.0732. The van der Waals surface area contributed by atoms with E-state index in [9.17, 15) is 9.59 Å². The number of nitrogens with one attached hydrogen (secondary N) is 1. The molecule has 0 fully saturated rings. The Kier molecular flexibility index (Phi) is 5.06. The van der Waals surface area contributed by atoms with E-state index < -0.39 is 0 Å². The number of carbonyl (C=O) groups excluding carboxylic acids is 2. The molecule has 3 heterocycles. The van der Waals surface area contributed by atoms with Crippen LogP contribution in [0.3, 0.4) is 0 Å². The molecule has 0 saturated carbocycles. The van der Waals surface area contributed by atoms with Crippen LogP contribution in [0.15, 0.2) is 41.0 Å². The smallest absolute Gasteiger partial charge is 0.293 e. The lowest BCUT2D eigenvalue weighted by Gasteiger charge is -2.26. The standard InChI is InChI=1S/C19H16ClN3O4S/c1-26-14-5-4-11(20)9-12(14)18(25)23-7-6-13-16(10-23)28-19(21-13)22-17(24)15-3-2-8-27-15/h2-5,8-9H,6-7,10H2,1H3,(H,21,22,24). The zero-order valence-electron chi connectivity index (χ0n) is 14.9. The molecule has 0 unspecified atom stereocenters. The Morgan fingerprint density at radius 2 is 2.21 bits per heavy atom. The predicted octanol–water partition coefficient (Wildman–Crippen LogP) is 3.85. The van der Waals surface area contributed by atoms with Gasteiger partial charge in [0.05, 0.1) is 31.2 Å². The Labute approximate surface area is 169 Å². The first kappa shape index (κ1) is 18.5. The molecule has 144 valence electrons. The molecule has 1 aliphatic heterocycles. The molecule has 2 aromatic heterocycles. The first-order valence-electron chi connectivity index (χ1n) is 8.51. The summed E-state index contributed by atoms with van der Waals surface area (Å²) >= 11 is 7.40. The second-order valence-electron chi connectivity index (χ2n) is 6.14. The van der Waals surface area contributed by atoms with E-state index in [0.29, 0.717) is 41.0 Å². The number of aromatic nitrogens is 1. The molecule has 0 saturated heterocycles. The van der Waals surface area contributed by atoms with Crippen LogP contribution in [0.2, 0.25) is 5.02 Å². The zero-order chi connectivity index (χ0) is 19.7. The van der Waals surface area contributed by atoms with Crippen LogP contribution in [0.4, 0.5) is 5.13 Å². The van der Waals surface area contributed by atoms with Crippen LogP contribution in [0.1, 0.15) is 31.5 Å². The molecule has 2 amide bonds. The number of thiazole rings is 1. The Balaban J connectivity index is 1.51. The number of halogens is 1. The van der Waals surface area contributed by atoms with E-state index in [0.717, 1.165) is 10.6 Å². The lowest BCUT2D eigenvalue weighted by Crippen LogP contribution is -2.35. The molecule has 9 heteroatoms. The fourth-order valence-electron chi connectivity index (χ4n) is 3.01. The summed E-state index contributed by atoms with van der Waals surface area (Å²) in [6.07, 6.45) is 2.05. The second-order valence-corrected chi connectivity index (χ2v) is 7.66. The van der Waals surface area contributed by atoms with Crippen LogP contribution in [0.5, 0.6) is 5.75 Å². The number of rotatable bonds is 4. The molecule has 0 radical (unpaired) electrons. The largest absolute Gasteiger partial charge is 0.496 e. The summed E-state index contributed by atoms with van der Waals surface area (Å²) in [7, 11) is 1.52. The van der Waals surface area contributed by atoms with Gasteiger partial charge in [-0.3, -0.25) is 14.9 Å². The number of carbonyl (C=O) groups is 2. The topological polar surface area (TPSA) is 84.7 Å². The minimum Gasteiger partial charge on any atom is -0.496 e. The summed E-state index contributed by atoms with van der Waals surface area (Å²) in [5.41, 5.74) is 1.32. The van der Waals surface area contributed by atoms with Crippen molar-refractivity contribution in [2.45, 2.75) is 13.0 Å². The number of hydrogen-bond donors (Lipinski definition) is 1. The minimum absolute atomic E-state index is 0.153. The highest BCUT2D eigenvalue weighted by atomic mass is 35.5. The Morgan fingerprint density at radius 3 is 2.96 bits per heavy atom. The van der Waals surface area contributed by atoms with Crippen molar-refractivity contribution in [3.63, 3.8) is 0 Å². The molecule has 3 aromatic rings. The third-order valence-electron chi connectivity index (χ3n) is 4.38. The molecule has 28 heavy (non-hydrogen) atoms. The van der Waals surface area contributed by atoms with Gasteiger partial charge in [-0.05, 0) is 30.3 Å². The van der Waals surface area contributed by atoms with E-state index in [-0.39, 0.29) is 17.6 Å². The molecule has 0 bridgehead atoms. The highest BCUT2D eigenvalue weighted by Gasteiger charge is 2.27. The van der Waals surface area contributed by atoms with Gasteiger partial charge < -0.3 is 14.1 Å². The van der Waals surface area contributed by atoms with Gasteiger partial charge in [0, 0.05) is 22.9 Å². The van der Waals surface area contributed by atoms with E-state index in [1.54, 1.807) is 35.2 Å². The lowest BCUT2D eigenvalue weighted by atomic mass is 10.1. The van der Waals surface area contributed by atoms with Crippen LogP contribution in [0.25, 0.3) is 0 Å². The van der Waals surface area contributed by atoms with Gasteiger partial charge in [-0.15, -0.1) is 0 Å². The van der Waals surface area contributed by atoms with E-state index in [2.05, 4.69) is 10.3 Å². The summed E-state index contributed by atoms with van der Waals surface area (Å²) < 4.78 is 10.4. The number of nitrogens with zero attached hydrogens (tertiary/aromatic N) is 2. The number of ether oxygens (including phenoxy) is 1. The van der Waals surface area contributed by atoms with Gasteiger partial charge in [0.2, 0.25) is 0 Å². The molecular weight excluding hydrogens is 402 g/mol. The molecule has 0 aliphatic carbocycles. The van der Waals surface area contributed by atoms with Gasteiger partial charge in [-0.25, -0.2) is 4.98 Å². The number of benzene rings is 1. The quantitative estimate of drug-likeness (QED) is 0.697. The third-order valence-corrected chi connectivity index (χ3v) is 5.61.